The Bertz CT molecular complexity index is 929. The molecule has 230 valence electrons. The van der Waals surface area contributed by atoms with Crippen LogP contribution in [0.5, 0.6) is 0 Å². The van der Waals surface area contributed by atoms with Crippen LogP contribution >= 0.6 is 11.8 Å². The molecule has 9 N–H and O–H groups in total. The van der Waals surface area contributed by atoms with E-state index in [1.807, 2.05) is 0 Å². The van der Waals surface area contributed by atoms with Crippen LogP contribution in [0, 0.1) is 0 Å². The van der Waals surface area contributed by atoms with Crippen LogP contribution in [-0.2, 0) is 36.8 Å². The molecule has 18 heteroatoms. The van der Waals surface area contributed by atoms with Gasteiger partial charge in [0.05, 0.1) is 38.7 Å². The highest BCUT2D eigenvalue weighted by molar-refractivity contribution is 8.00. The van der Waals surface area contributed by atoms with Crippen LogP contribution in [0.1, 0.15) is 12.1 Å². The van der Waals surface area contributed by atoms with Gasteiger partial charge in [0.1, 0.15) is 66.1 Å². The van der Waals surface area contributed by atoms with Gasteiger partial charge in [-0.2, -0.15) is 0 Å². The van der Waals surface area contributed by atoms with Gasteiger partial charge in [-0.3, -0.25) is 0 Å². The van der Waals surface area contributed by atoms with E-state index in [-0.39, 0.29) is 19.6 Å². The Hall–Kier alpha value is -1.07. The minimum absolute atomic E-state index is 0.0240. The molecule has 0 unspecified atom stereocenters. The Morgan fingerprint density at radius 2 is 1.50 bits per heavy atom. The van der Waals surface area contributed by atoms with Crippen molar-refractivity contribution in [3.63, 3.8) is 0 Å². The van der Waals surface area contributed by atoms with E-state index in [1.54, 1.807) is 0 Å². The molecule has 1 aromatic rings. The summed E-state index contributed by atoms with van der Waals surface area (Å²) < 4.78 is 28.7. The monoisotopic (exact) mass is 599 g/mol. The van der Waals surface area contributed by atoms with E-state index in [4.69, 9.17) is 23.7 Å². The quantitative estimate of drug-likeness (QED) is 0.122. The molecule has 0 radical (unpaired) electrons. The molecule has 1 aromatic heterocycles. The van der Waals surface area contributed by atoms with Gasteiger partial charge in [0.15, 0.2) is 12.6 Å². The first-order valence-corrected chi connectivity index (χ1v) is 13.7. The number of thioether (sulfide) groups is 1. The zero-order chi connectivity index (χ0) is 29.1. The van der Waals surface area contributed by atoms with Crippen molar-refractivity contribution in [3.8, 4) is 0 Å². The fourth-order valence-electron chi connectivity index (χ4n) is 4.77. The molecule has 3 aliphatic rings. The highest BCUT2D eigenvalue weighted by atomic mass is 32.2. The van der Waals surface area contributed by atoms with E-state index >= 15 is 0 Å². The summed E-state index contributed by atoms with van der Waals surface area (Å²) in [7, 11) is 1.29. The van der Waals surface area contributed by atoms with Gasteiger partial charge in [-0.15, -0.1) is 16.9 Å². The molecule has 4 rings (SSSR count). The molecule has 0 amide bonds. The van der Waals surface area contributed by atoms with Gasteiger partial charge in [0, 0.05) is 12.4 Å². The van der Waals surface area contributed by atoms with Crippen molar-refractivity contribution in [2.24, 2.45) is 0 Å². The van der Waals surface area contributed by atoms with Gasteiger partial charge in [0.25, 0.3) is 0 Å². The van der Waals surface area contributed by atoms with Crippen molar-refractivity contribution in [2.45, 2.75) is 104 Å². The van der Waals surface area contributed by atoms with Gasteiger partial charge >= 0.3 is 0 Å². The number of aromatic nitrogens is 3. The molecule has 3 fully saturated rings. The van der Waals surface area contributed by atoms with E-state index in [0.29, 0.717) is 5.69 Å². The molecule has 0 aliphatic carbocycles. The van der Waals surface area contributed by atoms with Crippen LogP contribution in [0.15, 0.2) is 6.20 Å². The first-order valence-electron chi connectivity index (χ1n) is 12.7. The number of nitrogens with zero attached hydrogens (tertiary/aromatic N) is 3. The summed E-state index contributed by atoms with van der Waals surface area (Å²) in [5, 5.41) is 97.7. The summed E-state index contributed by atoms with van der Waals surface area (Å²) in [6.45, 7) is -1.20. The molecule has 0 saturated carbocycles. The SMILES string of the molecule is CO[C@H]1O[C@H](Cn2cc(CO[C@H]3O[C@H](CO)[C@@H](S[C@@H]4O[C@H](CO)[C@H](O)[C@H](O)[C@H]4O)C[C@H]3O)nn2)[C@@H](O)[C@H](O)[C@H]1O. The highest BCUT2D eigenvalue weighted by Crippen LogP contribution is 2.37. The first-order chi connectivity index (χ1) is 19.1. The minimum Gasteiger partial charge on any atom is -0.394 e. The summed E-state index contributed by atoms with van der Waals surface area (Å²) in [6, 6.07) is 0. The zero-order valence-electron chi connectivity index (χ0n) is 21.5. The first kappa shape index (κ1) is 31.9. The smallest absolute Gasteiger partial charge is 0.186 e. The third-order valence-corrected chi connectivity index (χ3v) is 8.60. The van der Waals surface area contributed by atoms with Crippen LogP contribution in [0.2, 0.25) is 0 Å². The Labute approximate surface area is 232 Å². The second-order valence-electron chi connectivity index (χ2n) is 9.89. The molecule has 14 atom stereocenters. The van der Waals surface area contributed by atoms with Crippen molar-refractivity contribution in [2.75, 3.05) is 20.3 Å². The predicted octanol–water partition coefficient (Wildman–Crippen LogP) is -5.38. The van der Waals surface area contributed by atoms with Crippen LogP contribution in [-0.4, -0.2) is 166 Å². The lowest BCUT2D eigenvalue weighted by Gasteiger charge is -2.43. The summed E-state index contributed by atoms with van der Waals surface area (Å²) in [5.41, 5.74) is -0.726. The topological polar surface area (TPSA) is 259 Å². The standard InChI is InChI=1S/C22H37N3O14S/c1-35-21-18(33)16(31)14(29)10(37-21)4-25-3-8(23-24-25)7-36-20-9(28)2-13(11(5-26)38-20)40-22-19(34)17(32)15(30)12(6-27)39-22/h3,9-22,26-34H,2,4-7H2,1H3/t9-,10-,11-,12-,13+,14-,15+,16+,17+,18-,19-,20+,21+,22+/m1/s1. The zero-order valence-corrected chi connectivity index (χ0v) is 22.3. The van der Waals surface area contributed by atoms with E-state index in [1.165, 1.54) is 18.0 Å². The maximum Gasteiger partial charge on any atom is 0.186 e. The van der Waals surface area contributed by atoms with E-state index in [9.17, 15) is 46.0 Å². The number of aliphatic hydroxyl groups is 9. The normalized spacial score (nSPS) is 44.5. The lowest BCUT2D eigenvalue weighted by atomic mass is 9.99. The molecule has 0 spiro atoms. The van der Waals surface area contributed by atoms with Crippen molar-refractivity contribution in [3.05, 3.63) is 11.9 Å². The number of hydrogen-bond donors (Lipinski definition) is 9. The fraction of sp³-hybridized carbons (Fsp3) is 0.909. The van der Waals surface area contributed by atoms with Gasteiger partial charge in [-0.05, 0) is 6.42 Å². The summed E-state index contributed by atoms with van der Waals surface area (Å²) >= 11 is 0.994. The van der Waals surface area contributed by atoms with Crippen LogP contribution in [0.4, 0.5) is 0 Å². The molecular formula is C22H37N3O14S. The molecular weight excluding hydrogens is 562 g/mol. The van der Waals surface area contributed by atoms with Crippen molar-refractivity contribution < 1.29 is 69.6 Å². The Morgan fingerprint density at radius 3 is 2.17 bits per heavy atom. The highest BCUT2D eigenvalue weighted by Gasteiger charge is 2.47. The maximum absolute atomic E-state index is 10.6. The van der Waals surface area contributed by atoms with E-state index < -0.39 is 97.5 Å². The summed E-state index contributed by atoms with van der Waals surface area (Å²) in [5.74, 6) is 0. The molecule has 4 heterocycles. The van der Waals surface area contributed by atoms with Crippen molar-refractivity contribution in [1.29, 1.82) is 0 Å². The van der Waals surface area contributed by atoms with Crippen LogP contribution in [0.25, 0.3) is 0 Å². The summed E-state index contributed by atoms with van der Waals surface area (Å²) in [6.07, 6.45) is -13.6. The second kappa shape index (κ2) is 13.9. The lowest BCUT2D eigenvalue weighted by Crippen LogP contribution is -2.58. The lowest BCUT2D eigenvalue weighted by molar-refractivity contribution is -0.292. The number of ether oxygens (including phenoxy) is 5. The maximum atomic E-state index is 10.6. The van der Waals surface area contributed by atoms with Gasteiger partial charge < -0.3 is 69.6 Å². The van der Waals surface area contributed by atoms with Crippen molar-refractivity contribution >= 4 is 11.8 Å². The van der Waals surface area contributed by atoms with Crippen molar-refractivity contribution in [1.82, 2.24) is 15.0 Å². The molecule has 0 bridgehead atoms. The van der Waals surface area contributed by atoms with Crippen LogP contribution in [0.3, 0.4) is 0 Å². The molecule has 0 aromatic carbocycles. The van der Waals surface area contributed by atoms with Gasteiger partial charge in [-0.1, -0.05) is 5.21 Å². The van der Waals surface area contributed by atoms with Gasteiger partial charge in [-0.25, -0.2) is 4.68 Å². The average Bonchev–Trinajstić information content (AvgIpc) is 3.40. The number of hydrogen-bond acceptors (Lipinski definition) is 17. The third-order valence-electron chi connectivity index (χ3n) is 7.10. The third kappa shape index (κ3) is 6.93. The van der Waals surface area contributed by atoms with E-state index in [0.717, 1.165) is 11.8 Å². The number of rotatable bonds is 10. The largest absolute Gasteiger partial charge is 0.394 e. The average molecular weight is 600 g/mol. The fourth-order valence-corrected chi connectivity index (χ4v) is 6.27. The Morgan fingerprint density at radius 1 is 0.850 bits per heavy atom. The molecule has 17 nitrogen and oxygen atoms in total. The molecule has 3 saturated heterocycles. The summed E-state index contributed by atoms with van der Waals surface area (Å²) in [4.78, 5) is 0. The molecule has 3 aliphatic heterocycles. The van der Waals surface area contributed by atoms with E-state index in [2.05, 4.69) is 10.3 Å². The number of aliphatic hydroxyl groups excluding tert-OH is 9. The second-order valence-corrected chi connectivity index (χ2v) is 11.2. The number of methoxy groups -OCH3 is 1. The Balaban J connectivity index is 1.30. The minimum atomic E-state index is -1.55. The predicted molar refractivity (Wildman–Crippen MR) is 130 cm³/mol. The molecule has 40 heavy (non-hydrogen) atoms. The van der Waals surface area contributed by atoms with Crippen LogP contribution < -0.4 is 0 Å². The van der Waals surface area contributed by atoms with Gasteiger partial charge in [0.2, 0.25) is 0 Å². The Kier molecular flexibility index (Phi) is 11.1.